The van der Waals surface area contributed by atoms with Gasteiger partial charge >= 0.3 is 0 Å². The number of nitrogens with one attached hydrogen (secondary N) is 1. The average molecular weight is 396 g/mol. The highest BCUT2D eigenvalue weighted by Gasteiger charge is 2.40. The van der Waals surface area contributed by atoms with E-state index in [0.717, 1.165) is 22.9 Å². The van der Waals surface area contributed by atoms with Crippen LogP contribution in [0.25, 0.3) is 0 Å². The molecule has 3 N–H and O–H groups in total. The van der Waals surface area contributed by atoms with Gasteiger partial charge in [-0.05, 0) is 87.3 Å². The number of piperidine rings is 3. The second kappa shape index (κ2) is 7.97. The Kier molecular flexibility index (Phi) is 5.42. The fourth-order valence-corrected chi connectivity index (χ4v) is 5.09. The third-order valence-electron chi connectivity index (χ3n) is 5.97. The van der Waals surface area contributed by atoms with E-state index in [1.165, 1.54) is 12.8 Å². The average Bonchev–Trinajstić information content (AvgIpc) is 2.72. The van der Waals surface area contributed by atoms with Crippen LogP contribution in [0, 0.1) is 5.92 Å². The lowest BCUT2D eigenvalue weighted by Crippen LogP contribution is -2.62. The van der Waals surface area contributed by atoms with Crippen molar-refractivity contribution in [3.63, 3.8) is 0 Å². The van der Waals surface area contributed by atoms with Crippen LogP contribution in [0.4, 0.5) is 0 Å². The van der Waals surface area contributed by atoms with Gasteiger partial charge < -0.3 is 11.1 Å². The molecule has 2 aromatic rings. The Morgan fingerprint density at radius 3 is 2.00 bits per heavy atom. The summed E-state index contributed by atoms with van der Waals surface area (Å²) in [6, 6.07) is 15.5. The maximum atomic E-state index is 12.7. The number of nitrogens with two attached hydrogens (primary N) is 1. The van der Waals surface area contributed by atoms with E-state index in [1.54, 1.807) is 23.9 Å². The first-order chi connectivity index (χ1) is 13.5. The summed E-state index contributed by atoms with van der Waals surface area (Å²) >= 11 is 1.58. The van der Waals surface area contributed by atoms with Crippen LogP contribution in [0.15, 0.2) is 58.3 Å². The summed E-state index contributed by atoms with van der Waals surface area (Å²) in [4.78, 5) is 28.4. The number of amides is 2. The number of carbonyl (C=O) groups is 2. The number of nitrogens with zero attached hydrogens (tertiary/aromatic N) is 1. The largest absolute Gasteiger partial charge is 0.366 e. The zero-order chi connectivity index (χ0) is 19.7. The lowest BCUT2D eigenvalue weighted by atomic mass is 9.79. The van der Waals surface area contributed by atoms with Crippen LogP contribution in [0.1, 0.15) is 40.5 Å². The number of primary amides is 1. The Morgan fingerprint density at radius 2 is 1.50 bits per heavy atom. The van der Waals surface area contributed by atoms with Gasteiger partial charge in [-0.25, -0.2) is 0 Å². The number of hydrogen-bond donors (Lipinski definition) is 2. The van der Waals surface area contributed by atoms with E-state index in [9.17, 15) is 9.59 Å². The zero-order valence-electron chi connectivity index (χ0n) is 15.9. The van der Waals surface area contributed by atoms with Gasteiger partial charge in [0, 0.05) is 33.0 Å². The molecule has 0 saturated carbocycles. The molecule has 146 valence electrons. The maximum absolute atomic E-state index is 12.7. The Morgan fingerprint density at radius 1 is 0.964 bits per heavy atom. The highest BCUT2D eigenvalue weighted by molar-refractivity contribution is 7.99. The van der Waals surface area contributed by atoms with Crippen molar-refractivity contribution < 1.29 is 9.59 Å². The fourth-order valence-electron chi connectivity index (χ4n) is 4.28. The SMILES string of the molecule is CC1C(NC(=O)c2ccc(Sc3ccc(C(N)=O)cc3)cc2)C2CCN1CC2. The monoisotopic (exact) mass is 395 g/mol. The molecule has 0 radical (unpaired) electrons. The lowest BCUT2D eigenvalue weighted by molar-refractivity contribution is 0.0217. The van der Waals surface area contributed by atoms with Gasteiger partial charge in [0.2, 0.25) is 5.91 Å². The Balaban J connectivity index is 1.38. The first-order valence-corrected chi connectivity index (χ1v) is 10.6. The molecule has 3 heterocycles. The summed E-state index contributed by atoms with van der Waals surface area (Å²) in [6.07, 6.45) is 2.36. The van der Waals surface area contributed by atoms with Gasteiger partial charge in [-0.2, -0.15) is 0 Å². The van der Waals surface area contributed by atoms with Gasteiger partial charge in [0.1, 0.15) is 0 Å². The number of fused-ring (bicyclic) bond motifs is 3. The molecule has 3 aliphatic rings. The van der Waals surface area contributed by atoms with Crippen LogP contribution < -0.4 is 11.1 Å². The van der Waals surface area contributed by atoms with Crippen LogP contribution in [-0.4, -0.2) is 41.9 Å². The molecule has 5 rings (SSSR count). The third kappa shape index (κ3) is 3.93. The van der Waals surface area contributed by atoms with Crippen molar-refractivity contribution in [1.29, 1.82) is 0 Å². The quantitative estimate of drug-likeness (QED) is 0.816. The normalized spacial score (nSPS) is 26.0. The highest BCUT2D eigenvalue weighted by Crippen LogP contribution is 2.32. The maximum Gasteiger partial charge on any atom is 0.251 e. The van der Waals surface area contributed by atoms with Crippen molar-refractivity contribution in [2.24, 2.45) is 11.7 Å². The van der Waals surface area contributed by atoms with Crippen LogP contribution >= 0.6 is 11.8 Å². The summed E-state index contributed by atoms with van der Waals surface area (Å²) < 4.78 is 0. The molecule has 0 aromatic heterocycles. The van der Waals surface area contributed by atoms with Crippen molar-refractivity contribution in [2.45, 2.75) is 41.6 Å². The van der Waals surface area contributed by atoms with Crippen molar-refractivity contribution >= 4 is 23.6 Å². The van der Waals surface area contributed by atoms with Gasteiger partial charge in [0.15, 0.2) is 0 Å². The third-order valence-corrected chi connectivity index (χ3v) is 6.98. The molecule has 3 saturated heterocycles. The molecule has 0 spiro atoms. The van der Waals surface area contributed by atoms with E-state index in [-0.39, 0.29) is 11.9 Å². The Bertz CT molecular complexity index is 856. The second-order valence-corrected chi connectivity index (χ2v) is 8.78. The van der Waals surface area contributed by atoms with Gasteiger partial charge in [-0.3, -0.25) is 14.5 Å². The minimum Gasteiger partial charge on any atom is -0.366 e. The van der Waals surface area contributed by atoms with Gasteiger partial charge in [0.25, 0.3) is 5.91 Å². The number of benzene rings is 2. The smallest absolute Gasteiger partial charge is 0.251 e. The van der Waals surface area contributed by atoms with E-state index < -0.39 is 5.91 Å². The van der Waals surface area contributed by atoms with Crippen LogP contribution in [-0.2, 0) is 0 Å². The summed E-state index contributed by atoms with van der Waals surface area (Å²) in [5.74, 6) is 0.180. The standard InChI is InChI=1S/C22H25N3O2S/c1-14-20(15-10-12-25(14)13-11-15)24-22(27)17-4-8-19(9-5-17)28-18-6-2-16(3-7-18)21(23)26/h2-9,14-15,20H,10-13H2,1H3,(H2,23,26)(H,24,27). The summed E-state index contributed by atoms with van der Waals surface area (Å²) in [6.45, 7) is 4.54. The molecule has 2 aromatic carbocycles. The van der Waals surface area contributed by atoms with Crippen LogP contribution in [0.2, 0.25) is 0 Å². The van der Waals surface area contributed by atoms with Gasteiger partial charge in [-0.15, -0.1) is 0 Å². The molecule has 2 bridgehead atoms. The minimum absolute atomic E-state index is 0.00737. The van der Waals surface area contributed by atoms with Gasteiger partial charge in [-0.1, -0.05) is 11.8 Å². The van der Waals surface area contributed by atoms with E-state index in [2.05, 4.69) is 17.1 Å². The number of rotatable bonds is 5. The molecule has 2 unspecified atom stereocenters. The topological polar surface area (TPSA) is 75.4 Å². The van der Waals surface area contributed by atoms with Crippen molar-refractivity contribution in [3.8, 4) is 0 Å². The Labute approximate surface area is 169 Å². The summed E-state index contributed by atoms with van der Waals surface area (Å²) in [5.41, 5.74) is 6.46. The molecule has 6 heteroatoms. The zero-order valence-corrected chi connectivity index (χ0v) is 16.7. The van der Waals surface area contributed by atoms with E-state index >= 15 is 0 Å². The van der Waals surface area contributed by atoms with Crippen LogP contribution in [0.5, 0.6) is 0 Å². The number of carbonyl (C=O) groups excluding carboxylic acids is 2. The van der Waals surface area contributed by atoms with Crippen molar-refractivity contribution in [2.75, 3.05) is 13.1 Å². The molecule has 5 nitrogen and oxygen atoms in total. The minimum atomic E-state index is -0.427. The fraction of sp³-hybridized carbons (Fsp3) is 0.364. The molecule has 28 heavy (non-hydrogen) atoms. The molecular formula is C22H25N3O2S. The Hall–Kier alpha value is -2.31. The van der Waals surface area contributed by atoms with E-state index in [4.69, 9.17) is 5.73 Å². The first kappa shape index (κ1) is 19.0. The summed E-state index contributed by atoms with van der Waals surface area (Å²) in [7, 11) is 0. The predicted molar refractivity (Wildman–Crippen MR) is 111 cm³/mol. The lowest BCUT2D eigenvalue weighted by Gasteiger charge is -2.49. The number of hydrogen-bond acceptors (Lipinski definition) is 4. The van der Waals surface area contributed by atoms with E-state index in [1.807, 2.05) is 36.4 Å². The molecule has 2 amide bonds. The van der Waals surface area contributed by atoms with E-state index in [0.29, 0.717) is 23.1 Å². The molecular weight excluding hydrogens is 370 g/mol. The van der Waals surface area contributed by atoms with Crippen LogP contribution in [0.3, 0.4) is 0 Å². The highest BCUT2D eigenvalue weighted by atomic mass is 32.2. The molecule has 2 atom stereocenters. The van der Waals surface area contributed by atoms with Crippen molar-refractivity contribution in [1.82, 2.24) is 10.2 Å². The molecule has 0 aliphatic carbocycles. The molecule has 3 fully saturated rings. The summed E-state index contributed by atoms with van der Waals surface area (Å²) in [5, 5.41) is 3.27. The van der Waals surface area contributed by atoms with Gasteiger partial charge in [0.05, 0.1) is 0 Å². The second-order valence-electron chi connectivity index (χ2n) is 7.63. The molecule has 3 aliphatic heterocycles. The predicted octanol–water partition coefficient (Wildman–Crippen LogP) is 3.15. The van der Waals surface area contributed by atoms with Crippen molar-refractivity contribution in [3.05, 3.63) is 59.7 Å². The first-order valence-electron chi connectivity index (χ1n) is 9.74.